The molecular formula is C21H23N5O3. The minimum absolute atomic E-state index is 0.108. The lowest BCUT2D eigenvalue weighted by Crippen LogP contribution is -2.39. The second kappa shape index (κ2) is 8.08. The molecule has 1 aliphatic heterocycles. The number of pyridine rings is 1. The third-order valence-electron chi connectivity index (χ3n) is 5.35. The highest BCUT2D eigenvalue weighted by atomic mass is 16.5. The fourth-order valence-electron chi connectivity index (χ4n) is 3.87. The molecule has 0 saturated carbocycles. The largest absolute Gasteiger partial charge is 0.392 e. The van der Waals surface area contributed by atoms with E-state index in [2.05, 4.69) is 15.1 Å². The van der Waals surface area contributed by atoms with Crippen molar-refractivity contribution in [3.05, 3.63) is 59.1 Å². The van der Waals surface area contributed by atoms with Crippen molar-refractivity contribution >= 4 is 5.91 Å². The molecule has 0 aromatic carbocycles. The lowest BCUT2D eigenvalue weighted by Gasteiger charge is -2.32. The molecule has 1 amide bonds. The van der Waals surface area contributed by atoms with Crippen LogP contribution in [0.2, 0.25) is 0 Å². The zero-order valence-corrected chi connectivity index (χ0v) is 16.5. The topological polar surface area (TPSA) is 105 Å². The molecule has 4 heterocycles. The molecule has 4 rings (SSSR count). The summed E-state index contributed by atoms with van der Waals surface area (Å²) in [6.07, 6.45) is 6.41. The molecular weight excluding hydrogens is 370 g/mol. The smallest absolute Gasteiger partial charge is 0.274 e. The van der Waals surface area contributed by atoms with Crippen LogP contribution in [-0.4, -0.2) is 49.1 Å². The number of hydrogen-bond donors (Lipinski definition) is 1. The third-order valence-corrected chi connectivity index (χ3v) is 5.35. The SMILES string of the molecule is Cc1noc(C)c1-c1nc([C@@H]2CCCN(C(=O)c3cnccn3)C2)ccc1CO. The van der Waals surface area contributed by atoms with E-state index in [0.29, 0.717) is 30.2 Å². The van der Waals surface area contributed by atoms with Crippen LogP contribution in [0.5, 0.6) is 0 Å². The molecule has 8 heteroatoms. The molecule has 3 aromatic heterocycles. The number of piperidine rings is 1. The van der Waals surface area contributed by atoms with Crippen molar-refractivity contribution in [2.75, 3.05) is 13.1 Å². The average Bonchev–Trinajstić information content (AvgIpc) is 3.11. The number of carbonyl (C=O) groups excluding carboxylic acids is 1. The number of aliphatic hydroxyl groups is 1. The summed E-state index contributed by atoms with van der Waals surface area (Å²) in [5.74, 6) is 0.669. The molecule has 8 nitrogen and oxygen atoms in total. The summed E-state index contributed by atoms with van der Waals surface area (Å²) in [7, 11) is 0. The fourth-order valence-corrected chi connectivity index (χ4v) is 3.87. The Morgan fingerprint density at radius 1 is 1.31 bits per heavy atom. The lowest BCUT2D eigenvalue weighted by molar-refractivity contribution is 0.0699. The van der Waals surface area contributed by atoms with Gasteiger partial charge in [0.1, 0.15) is 11.5 Å². The van der Waals surface area contributed by atoms with Crippen molar-refractivity contribution in [3.8, 4) is 11.3 Å². The summed E-state index contributed by atoms with van der Waals surface area (Å²) in [6, 6.07) is 3.83. The normalized spacial score (nSPS) is 16.8. The Morgan fingerprint density at radius 3 is 2.86 bits per heavy atom. The maximum absolute atomic E-state index is 12.8. The second-order valence-electron chi connectivity index (χ2n) is 7.28. The first-order valence-electron chi connectivity index (χ1n) is 9.67. The number of nitrogens with zero attached hydrogens (tertiary/aromatic N) is 5. The molecule has 0 aliphatic carbocycles. The van der Waals surface area contributed by atoms with Crippen LogP contribution in [-0.2, 0) is 6.61 Å². The molecule has 0 spiro atoms. The van der Waals surface area contributed by atoms with Crippen molar-refractivity contribution in [1.29, 1.82) is 0 Å². The van der Waals surface area contributed by atoms with Gasteiger partial charge in [0.25, 0.3) is 5.91 Å². The average molecular weight is 393 g/mol. The number of carbonyl (C=O) groups is 1. The molecule has 3 aromatic rings. The van der Waals surface area contributed by atoms with Crippen LogP contribution >= 0.6 is 0 Å². The molecule has 150 valence electrons. The monoisotopic (exact) mass is 393 g/mol. The Labute approximate surface area is 168 Å². The van der Waals surface area contributed by atoms with Crippen LogP contribution in [0.1, 0.15) is 52.0 Å². The van der Waals surface area contributed by atoms with E-state index < -0.39 is 0 Å². The minimum atomic E-state index is -0.116. The Hall–Kier alpha value is -3.13. The van der Waals surface area contributed by atoms with E-state index in [4.69, 9.17) is 9.51 Å². The quantitative estimate of drug-likeness (QED) is 0.726. The summed E-state index contributed by atoms with van der Waals surface area (Å²) in [5, 5.41) is 13.8. The highest BCUT2D eigenvalue weighted by Crippen LogP contribution is 2.32. The van der Waals surface area contributed by atoms with Crippen LogP contribution in [0.4, 0.5) is 0 Å². The van der Waals surface area contributed by atoms with Gasteiger partial charge in [-0.15, -0.1) is 0 Å². The molecule has 0 unspecified atom stereocenters. The van der Waals surface area contributed by atoms with Crippen molar-refractivity contribution < 1.29 is 14.4 Å². The van der Waals surface area contributed by atoms with Gasteiger partial charge in [-0.2, -0.15) is 0 Å². The highest BCUT2D eigenvalue weighted by molar-refractivity contribution is 5.92. The van der Waals surface area contributed by atoms with E-state index in [0.717, 1.165) is 35.4 Å². The summed E-state index contributed by atoms with van der Waals surface area (Å²) < 4.78 is 5.29. The number of aliphatic hydroxyl groups excluding tert-OH is 1. The zero-order chi connectivity index (χ0) is 20.4. The van der Waals surface area contributed by atoms with Crippen LogP contribution < -0.4 is 0 Å². The van der Waals surface area contributed by atoms with Crippen molar-refractivity contribution in [1.82, 2.24) is 25.0 Å². The summed E-state index contributed by atoms with van der Waals surface area (Å²) in [4.78, 5) is 27.6. The van der Waals surface area contributed by atoms with Crippen molar-refractivity contribution in [2.45, 2.75) is 39.2 Å². The maximum Gasteiger partial charge on any atom is 0.274 e. The molecule has 0 bridgehead atoms. The molecule has 29 heavy (non-hydrogen) atoms. The van der Waals surface area contributed by atoms with Crippen molar-refractivity contribution in [3.63, 3.8) is 0 Å². The first kappa shape index (κ1) is 19.2. The van der Waals surface area contributed by atoms with Crippen LogP contribution in [0, 0.1) is 13.8 Å². The molecule has 0 radical (unpaired) electrons. The predicted octanol–water partition coefficient (Wildman–Crippen LogP) is 2.66. The summed E-state index contributed by atoms with van der Waals surface area (Å²) in [6.45, 7) is 4.85. The van der Waals surface area contributed by atoms with Gasteiger partial charge >= 0.3 is 0 Å². The van der Waals surface area contributed by atoms with Crippen molar-refractivity contribution in [2.24, 2.45) is 0 Å². The fraction of sp³-hybridized carbons (Fsp3) is 0.381. The molecule has 1 fully saturated rings. The third kappa shape index (κ3) is 3.75. The van der Waals surface area contributed by atoms with E-state index in [1.54, 1.807) is 6.20 Å². The van der Waals surface area contributed by atoms with E-state index in [-0.39, 0.29) is 18.4 Å². The number of aryl methyl sites for hydroxylation is 2. The Bertz CT molecular complexity index is 999. The molecule has 1 aliphatic rings. The Kier molecular flexibility index (Phi) is 5.35. The van der Waals surface area contributed by atoms with Gasteiger partial charge in [-0.05, 0) is 32.8 Å². The summed E-state index contributed by atoms with van der Waals surface area (Å²) in [5.41, 5.74) is 4.23. The number of hydrogen-bond acceptors (Lipinski definition) is 7. The summed E-state index contributed by atoms with van der Waals surface area (Å²) >= 11 is 0. The number of amides is 1. The van der Waals surface area contributed by atoms with Crippen LogP contribution in [0.15, 0.2) is 35.2 Å². The second-order valence-corrected chi connectivity index (χ2v) is 7.28. The standard InChI is InChI=1S/C21H23N5O3/c1-13-19(14(2)29-25-13)20-16(12-27)5-6-17(24-20)15-4-3-9-26(11-15)21(28)18-10-22-7-8-23-18/h5-8,10,15,27H,3-4,9,11-12H2,1-2H3/t15-/m1/s1. The van der Waals surface area contributed by atoms with Gasteiger partial charge in [-0.1, -0.05) is 11.2 Å². The molecule has 1 saturated heterocycles. The molecule has 1 atom stereocenters. The minimum Gasteiger partial charge on any atom is -0.392 e. The zero-order valence-electron chi connectivity index (χ0n) is 16.5. The van der Waals surface area contributed by atoms with Crippen LogP contribution in [0.3, 0.4) is 0 Å². The number of aromatic nitrogens is 4. The predicted molar refractivity (Wildman–Crippen MR) is 105 cm³/mol. The Balaban J connectivity index is 1.63. The van der Waals surface area contributed by atoms with E-state index in [1.165, 1.54) is 12.4 Å². The van der Waals surface area contributed by atoms with Gasteiger partial charge in [-0.25, -0.2) is 4.98 Å². The first-order chi connectivity index (χ1) is 14.1. The highest BCUT2D eigenvalue weighted by Gasteiger charge is 2.28. The van der Waals surface area contributed by atoms with E-state index >= 15 is 0 Å². The first-order valence-corrected chi connectivity index (χ1v) is 9.67. The van der Waals surface area contributed by atoms with E-state index in [1.807, 2.05) is 30.9 Å². The van der Waals surface area contributed by atoms with Gasteiger partial charge in [-0.3, -0.25) is 14.8 Å². The van der Waals surface area contributed by atoms with Crippen LogP contribution in [0.25, 0.3) is 11.3 Å². The number of likely N-dealkylation sites (tertiary alicyclic amines) is 1. The molecule has 1 N–H and O–H groups in total. The van der Waals surface area contributed by atoms with Gasteiger partial charge < -0.3 is 14.5 Å². The van der Waals surface area contributed by atoms with E-state index in [9.17, 15) is 9.90 Å². The lowest BCUT2D eigenvalue weighted by atomic mass is 9.92. The maximum atomic E-state index is 12.8. The van der Waals surface area contributed by atoms with Gasteiger partial charge in [0.15, 0.2) is 0 Å². The van der Waals surface area contributed by atoms with Gasteiger partial charge in [0.2, 0.25) is 0 Å². The Morgan fingerprint density at radius 2 is 2.17 bits per heavy atom. The van der Waals surface area contributed by atoms with Gasteiger partial charge in [0.05, 0.1) is 29.8 Å². The van der Waals surface area contributed by atoms with Gasteiger partial charge in [0, 0.05) is 42.7 Å². The number of rotatable bonds is 4.